The first kappa shape index (κ1) is 8.99. The van der Waals surface area contributed by atoms with Gasteiger partial charge < -0.3 is 9.52 Å². The Kier molecular flexibility index (Phi) is 2.53. The first-order chi connectivity index (χ1) is 6.27. The molecule has 68 valence electrons. The zero-order chi connectivity index (χ0) is 9.26. The minimum absolute atomic E-state index is 0.574. The van der Waals surface area contributed by atoms with Crippen LogP contribution in [0.15, 0.2) is 38.0 Å². The lowest BCUT2D eigenvalue weighted by molar-refractivity contribution is 0.190. The van der Waals surface area contributed by atoms with Gasteiger partial charge in [-0.25, -0.2) is 0 Å². The first-order valence-electron chi connectivity index (χ1n) is 3.73. The molecule has 2 nitrogen and oxygen atoms in total. The first-order valence-corrected chi connectivity index (χ1v) is 5.40. The van der Waals surface area contributed by atoms with E-state index in [1.54, 1.807) is 29.7 Å². The van der Waals surface area contributed by atoms with E-state index in [-0.39, 0.29) is 0 Å². The Morgan fingerprint density at radius 1 is 1.54 bits per heavy atom. The fourth-order valence-corrected chi connectivity index (χ4v) is 2.27. The predicted molar refractivity (Wildman–Crippen MR) is 54.8 cm³/mol. The van der Waals surface area contributed by atoms with E-state index in [0.29, 0.717) is 5.76 Å². The van der Waals surface area contributed by atoms with Gasteiger partial charge in [0.25, 0.3) is 0 Å². The summed E-state index contributed by atoms with van der Waals surface area (Å²) >= 11 is 4.89. The minimum Gasteiger partial charge on any atom is -0.466 e. The van der Waals surface area contributed by atoms with Crippen LogP contribution in [0, 0.1) is 0 Å². The minimum atomic E-state index is -0.655. The molecule has 1 unspecified atom stereocenters. The Balaban J connectivity index is 2.28. The molecule has 2 rings (SSSR count). The molecule has 0 fully saturated rings. The van der Waals surface area contributed by atoms with Crippen molar-refractivity contribution >= 4 is 27.3 Å². The monoisotopic (exact) mass is 258 g/mol. The van der Waals surface area contributed by atoms with Gasteiger partial charge in [-0.3, -0.25) is 0 Å². The zero-order valence-corrected chi connectivity index (χ0v) is 9.01. The topological polar surface area (TPSA) is 33.4 Å². The van der Waals surface area contributed by atoms with Crippen LogP contribution in [-0.2, 0) is 0 Å². The van der Waals surface area contributed by atoms with E-state index < -0.39 is 6.10 Å². The molecular formula is C9H7BrO2S. The number of aliphatic hydroxyl groups excluding tert-OH is 1. The summed E-state index contributed by atoms with van der Waals surface area (Å²) in [7, 11) is 0. The van der Waals surface area contributed by atoms with Crippen LogP contribution in [0.25, 0.3) is 0 Å². The van der Waals surface area contributed by atoms with Gasteiger partial charge in [0, 0.05) is 0 Å². The van der Waals surface area contributed by atoms with Crippen LogP contribution in [0.3, 0.4) is 0 Å². The van der Waals surface area contributed by atoms with E-state index in [9.17, 15) is 5.11 Å². The Labute approximate surface area is 87.9 Å². The van der Waals surface area contributed by atoms with Crippen molar-refractivity contribution in [3.8, 4) is 0 Å². The number of aliphatic hydroxyl groups is 1. The van der Waals surface area contributed by atoms with Gasteiger partial charge in [0.05, 0.1) is 10.0 Å². The number of thiophene rings is 1. The molecule has 1 atom stereocenters. The Morgan fingerprint density at radius 2 is 2.38 bits per heavy atom. The highest BCUT2D eigenvalue weighted by atomic mass is 79.9. The maximum absolute atomic E-state index is 9.79. The van der Waals surface area contributed by atoms with Crippen molar-refractivity contribution in [1.29, 1.82) is 0 Å². The second-order valence-corrected chi connectivity index (χ2v) is 4.89. The summed E-state index contributed by atoms with van der Waals surface area (Å²) in [5, 5.41) is 11.7. The van der Waals surface area contributed by atoms with E-state index in [0.717, 1.165) is 9.35 Å². The summed E-state index contributed by atoms with van der Waals surface area (Å²) in [6.45, 7) is 0. The van der Waals surface area contributed by atoms with Crippen LogP contribution >= 0.6 is 27.3 Å². The molecule has 1 N–H and O–H groups in total. The van der Waals surface area contributed by atoms with Crippen LogP contribution in [0.5, 0.6) is 0 Å². The summed E-state index contributed by atoms with van der Waals surface area (Å²) in [5.74, 6) is 0.574. The van der Waals surface area contributed by atoms with Crippen LogP contribution in [0.4, 0.5) is 0 Å². The smallest absolute Gasteiger partial charge is 0.137 e. The third kappa shape index (κ3) is 1.85. The third-order valence-corrected chi connectivity index (χ3v) is 3.24. The van der Waals surface area contributed by atoms with Crippen molar-refractivity contribution in [3.05, 3.63) is 45.0 Å². The Bertz CT molecular complexity index is 380. The fourth-order valence-electron chi connectivity index (χ4n) is 1.08. The van der Waals surface area contributed by atoms with E-state index in [2.05, 4.69) is 15.9 Å². The Hall–Kier alpha value is -0.580. The lowest BCUT2D eigenvalue weighted by Gasteiger charge is -2.03. The quantitative estimate of drug-likeness (QED) is 0.898. The molecule has 0 aliphatic carbocycles. The summed E-state index contributed by atoms with van der Waals surface area (Å²) in [6.07, 6.45) is 0.900. The normalized spacial score (nSPS) is 13.1. The molecule has 0 aliphatic rings. The molecule has 0 saturated carbocycles. The molecular weight excluding hydrogens is 252 g/mol. The molecule has 4 heteroatoms. The van der Waals surface area contributed by atoms with Gasteiger partial charge in [-0.1, -0.05) is 0 Å². The second kappa shape index (κ2) is 3.65. The zero-order valence-electron chi connectivity index (χ0n) is 6.61. The number of furan rings is 1. The highest BCUT2D eigenvalue weighted by molar-refractivity contribution is 9.11. The summed E-state index contributed by atoms with van der Waals surface area (Å²) < 4.78 is 6.11. The van der Waals surface area contributed by atoms with E-state index >= 15 is 0 Å². The highest BCUT2D eigenvalue weighted by Crippen LogP contribution is 2.29. The average Bonchev–Trinajstić information content (AvgIpc) is 2.72. The molecule has 2 aromatic heterocycles. The molecule has 0 amide bonds. The highest BCUT2D eigenvalue weighted by Gasteiger charge is 2.13. The van der Waals surface area contributed by atoms with Crippen molar-refractivity contribution in [1.82, 2.24) is 0 Å². The van der Waals surface area contributed by atoms with E-state index in [4.69, 9.17) is 4.42 Å². The maximum Gasteiger partial charge on any atom is 0.137 e. The van der Waals surface area contributed by atoms with Crippen molar-refractivity contribution in [2.75, 3.05) is 0 Å². The Morgan fingerprint density at radius 3 is 2.92 bits per heavy atom. The molecule has 0 bridgehead atoms. The fraction of sp³-hybridized carbons (Fsp3) is 0.111. The number of halogens is 1. The molecule has 0 spiro atoms. The molecule has 0 saturated heterocycles. The van der Waals surface area contributed by atoms with Gasteiger partial charge >= 0.3 is 0 Å². The van der Waals surface area contributed by atoms with Crippen molar-refractivity contribution in [3.63, 3.8) is 0 Å². The summed E-state index contributed by atoms with van der Waals surface area (Å²) in [4.78, 5) is 0. The molecule has 13 heavy (non-hydrogen) atoms. The average molecular weight is 259 g/mol. The molecule has 2 aromatic rings. The largest absolute Gasteiger partial charge is 0.466 e. The lowest BCUT2D eigenvalue weighted by atomic mass is 10.1. The van der Waals surface area contributed by atoms with Gasteiger partial charge in [-0.05, 0) is 45.1 Å². The molecule has 0 aliphatic heterocycles. The van der Waals surface area contributed by atoms with Crippen molar-refractivity contribution in [2.45, 2.75) is 6.10 Å². The van der Waals surface area contributed by atoms with Gasteiger partial charge in [-0.15, -0.1) is 11.3 Å². The van der Waals surface area contributed by atoms with E-state index in [1.165, 1.54) is 0 Å². The molecule has 2 heterocycles. The lowest BCUT2D eigenvalue weighted by Crippen LogP contribution is -1.94. The van der Waals surface area contributed by atoms with Gasteiger partial charge in [0.2, 0.25) is 0 Å². The summed E-state index contributed by atoms with van der Waals surface area (Å²) in [5.41, 5.74) is 0.854. The van der Waals surface area contributed by atoms with Gasteiger partial charge in [-0.2, -0.15) is 0 Å². The van der Waals surface area contributed by atoms with E-state index in [1.807, 2.05) is 11.4 Å². The van der Waals surface area contributed by atoms with Crippen LogP contribution in [-0.4, -0.2) is 5.11 Å². The number of hydrogen-bond acceptors (Lipinski definition) is 3. The maximum atomic E-state index is 9.79. The van der Waals surface area contributed by atoms with Crippen molar-refractivity contribution < 1.29 is 9.52 Å². The second-order valence-electron chi connectivity index (χ2n) is 2.60. The standard InChI is InChI=1S/C9H7BrO2S/c10-8-4-6(5-13-8)9(11)7-2-1-3-12-7/h1-5,9,11H. The van der Waals surface area contributed by atoms with Crippen LogP contribution in [0.2, 0.25) is 0 Å². The molecule has 0 aromatic carbocycles. The third-order valence-electron chi connectivity index (χ3n) is 1.72. The van der Waals surface area contributed by atoms with Crippen LogP contribution in [0.1, 0.15) is 17.4 Å². The summed E-state index contributed by atoms with van der Waals surface area (Å²) in [6, 6.07) is 5.41. The number of hydrogen-bond donors (Lipinski definition) is 1. The SMILES string of the molecule is OC(c1csc(Br)c1)c1ccco1. The van der Waals surface area contributed by atoms with Gasteiger partial charge in [0.1, 0.15) is 11.9 Å². The van der Waals surface area contributed by atoms with Gasteiger partial charge in [0.15, 0.2) is 0 Å². The van der Waals surface area contributed by atoms with Crippen molar-refractivity contribution in [2.24, 2.45) is 0 Å². The number of rotatable bonds is 2. The van der Waals surface area contributed by atoms with Crippen LogP contribution < -0.4 is 0 Å². The molecule has 0 radical (unpaired) electrons. The predicted octanol–water partition coefficient (Wildman–Crippen LogP) is 3.19.